The molecule has 0 amide bonds. The maximum absolute atomic E-state index is 11.4. The highest BCUT2D eigenvalue weighted by Crippen LogP contribution is 2.28. The number of ether oxygens (including phenoxy) is 1. The molecule has 1 aliphatic heterocycles. The van der Waals surface area contributed by atoms with Gasteiger partial charge in [-0.2, -0.15) is 4.98 Å². The Balaban J connectivity index is 1.19. The van der Waals surface area contributed by atoms with Gasteiger partial charge in [0.05, 0.1) is 6.61 Å². The SMILES string of the molecule is CCc1c(Cl)cccc1N1CCN(CCCCOc2ccc3ccc(=O)[nH]c3n2)CC1. The molecule has 1 fully saturated rings. The standard InChI is InChI=1S/C24H29ClN4O2/c1-2-19-20(25)6-5-7-21(19)29-15-13-28(14-16-29)12-3-4-17-31-23-11-9-18-8-10-22(30)26-24(18)27-23/h5-11H,2-4,12-17H2,1H3,(H,26,27,30). The lowest BCUT2D eigenvalue weighted by Gasteiger charge is -2.37. The topological polar surface area (TPSA) is 61.5 Å². The molecule has 0 aliphatic carbocycles. The molecule has 0 saturated carbocycles. The third-order valence-electron chi connectivity index (χ3n) is 5.84. The fraction of sp³-hybridized carbons (Fsp3) is 0.417. The molecule has 1 saturated heterocycles. The van der Waals surface area contributed by atoms with Gasteiger partial charge in [0.2, 0.25) is 11.4 Å². The van der Waals surface area contributed by atoms with E-state index in [0.717, 1.165) is 62.4 Å². The van der Waals surface area contributed by atoms with Crippen LogP contribution in [-0.4, -0.2) is 54.2 Å². The van der Waals surface area contributed by atoms with Crippen LogP contribution in [0.4, 0.5) is 5.69 Å². The highest BCUT2D eigenvalue weighted by molar-refractivity contribution is 6.31. The maximum atomic E-state index is 11.4. The van der Waals surface area contributed by atoms with Gasteiger partial charge in [-0.1, -0.05) is 24.6 Å². The predicted octanol–water partition coefficient (Wildman–Crippen LogP) is 4.12. The molecule has 7 heteroatoms. The fourth-order valence-corrected chi connectivity index (χ4v) is 4.41. The number of H-pyrrole nitrogens is 1. The first-order valence-electron chi connectivity index (χ1n) is 11.0. The summed E-state index contributed by atoms with van der Waals surface area (Å²) >= 11 is 6.39. The summed E-state index contributed by atoms with van der Waals surface area (Å²) in [7, 11) is 0. The van der Waals surface area contributed by atoms with E-state index in [2.05, 4.69) is 32.8 Å². The van der Waals surface area contributed by atoms with E-state index in [1.165, 1.54) is 17.3 Å². The van der Waals surface area contributed by atoms with Crippen molar-refractivity contribution in [2.45, 2.75) is 26.2 Å². The second kappa shape index (κ2) is 10.2. The number of nitrogens with zero attached hydrogens (tertiary/aromatic N) is 3. The monoisotopic (exact) mass is 440 g/mol. The van der Waals surface area contributed by atoms with Crippen LogP contribution in [0.5, 0.6) is 5.88 Å². The third kappa shape index (κ3) is 5.38. The zero-order valence-electron chi connectivity index (χ0n) is 17.9. The summed E-state index contributed by atoms with van der Waals surface area (Å²) in [5.41, 5.74) is 2.95. The van der Waals surface area contributed by atoms with Gasteiger partial charge in [0.15, 0.2) is 0 Å². The zero-order chi connectivity index (χ0) is 21.6. The van der Waals surface area contributed by atoms with Crippen LogP contribution in [0.1, 0.15) is 25.3 Å². The van der Waals surface area contributed by atoms with Gasteiger partial charge >= 0.3 is 0 Å². The van der Waals surface area contributed by atoms with E-state index in [1.807, 2.05) is 24.3 Å². The Hall–Kier alpha value is -2.57. The second-order valence-corrected chi connectivity index (χ2v) is 8.29. The quantitative estimate of drug-likeness (QED) is 0.534. The van der Waals surface area contributed by atoms with Crippen molar-refractivity contribution < 1.29 is 4.74 Å². The van der Waals surface area contributed by atoms with Gasteiger partial charge in [-0.05, 0) is 55.6 Å². The first-order valence-corrected chi connectivity index (χ1v) is 11.4. The van der Waals surface area contributed by atoms with Gasteiger partial charge in [0, 0.05) is 54.4 Å². The van der Waals surface area contributed by atoms with Gasteiger partial charge < -0.3 is 14.6 Å². The van der Waals surface area contributed by atoms with Crippen molar-refractivity contribution in [3.8, 4) is 5.88 Å². The molecule has 0 spiro atoms. The number of halogens is 1. The average Bonchev–Trinajstić information content (AvgIpc) is 2.79. The minimum atomic E-state index is -0.154. The zero-order valence-corrected chi connectivity index (χ0v) is 18.7. The fourth-order valence-electron chi connectivity index (χ4n) is 4.11. The summed E-state index contributed by atoms with van der Waals surface area (Å²) in [5.74, 6) is 0.552. The first-order chi connectivity index (χ1) is 15.1. The molecular weight excluding hydrogens is 412 g/mol. The summed E-state index contributed by atoms with van der Waals surface area (Å²) in [5, 5.41) is 1.77. The summed E-state index contributed by atoms with van der Waals surface area (Å²) in [6.45, 7) is 8.05. The van der Waals surface area contributed by atoms with Crippen molar-refractivity contribution in [2.75, 3.05) is 44.2 Å². The Morgan fingerprint density at radius 3 is 2.68 bits per heavy atom. The van der Waals surface area contributed by atoms with Gasteiger partial charge in [-0.3, -0.25) is 9.69 Å². The number of rotatable bonds is 8. The van der Waals surface area contributed by atoms with E-state index in [1.54, 1.807) is 6.07 Å². The molecule has 3 aromatic rings. The van der Waals surface area contributed by atoms with E-state index in [0.29, 0.717) is 18.1 Å². The number of unbranched alkanes of at least 4 members (excludes halogenated alkanes) is 1. The molecule has 0 radical (unpaired) electrons. The van der Waals surface area contributed by atoms with E-state index in [4.69, 9.17) is 16.3 Å². The van der Waals surface area contributed by atoms with Gasteiger partial charge in [-0.25, -0.2) is 0 Å². The number of aromatic amines is 1. The van der Waals surface area contributed by atoms with Crippen LogP contribution < -0.4 is 15.2 Å². The number of anilines is 1. The van der Waals surface area contributed by atoms with Crippen LogP contribution in [-0.2, 0) is 6.42 Å². The molecule has 164 valence electrons. The van der Waals surface area contributed by atoms with E-state index in [9.17, 15) is 4.79 Å². The second-order valence-electron chi connectivity index (χ2n) is 7.89. The molecule has 6 nitrogen and oxygen atoms in total. The van der Waals surface area contributed by atoms with Crippen molar-refractivity contribution in [3.05, 3.63) is 63.4 Å². The molecule has 0 atom stereocenters. The van der Waals surface area contributed by atoms with Gasteiger partial charge in [-0.15, -0.1) is 0 Å². The number of hydrogen-bond acceptors (Lipinski definition) is 5. The van der Waals surface area contributed by atoms with Crippen LogP contribution >= 0.6 is 11.6 Å². The largest absolute Gasteiger partial charge is 0.478 e. The third-order valence-corrected chi connectivity index (χ3v) is 6.19. The molecule has 1 N–H and O–H groups in total. The predicted molar refractivity (Wildman–Crippen MR) is 127 cm³/mol. The van der Waals surface area contributed by atoms with E-state index < -0.39 is 0 Å². The number of pyridine rings is 2. The number of benzene rings is 1. The number of hydrogen-bond donors (Lipinski definition) is 1. The molecule has 3 heterocycles. The minimum Gasteiger partial charge on any atom is -0.478 e. The highest BCUT2D eigenvalue weighted by Gasteiger charge is 2.19. The molecule has 4 rings (SSSR count). The van der Waals surface area contributed by atoms with Crippen LogP contribution in [0.25, 0.3) is 11.0 Å². The average molecular weight is 441 g/mol. The van der Waals surface area contributed by atoms with Crippen molar-refractivity contribution in [1.29, 1.82) is 0 Å². The summed E-state index contributed by atoms with van der Waals surface area (Å²) in [4.78, 5) is 23.5. The Kier molecular flexibility index (Phi) is 7.10. The molecule has 31 heavy (non-hydrogen) atoms. The van der Waals surface area contributed by atoms with E-state index >= 15 is 0 Å². The number of nitrogens with one attached hydrogen (secondary N) is 1. The van der Waals surface area contributed by atoms with Crippen molar-refractivity contribution in [3.63, 3.8) is 0 Å². The number of fused-ring (bicyclic) bond motifs is 1. The Bertz CT molecular complexity index is 1080. The molecule has 0 unspecified atom stereocenters. The molecule has 0 bridgehead atoms. The number of aromatic nitrogens is 2. The van der Waals surface area contributed by atoms with Crippen molar-refractivity contribution in [2.24, 2.45) is 0 Å². The van der Waals surface area contributed by atoms with Crippen LogP contribution in [0.2, 0.25) is 5.02 Å². The summed E-state index contributed by atoms with van der Waals surface area (Å²) in [6, 6.07) is 13.2. The molecular formula is C24H29ClN4O2. The smallest absolute Gasteiger partial charge is 0.249 e. The van der Waals surface area contributed by atoms with Crippen LogP contribution in [0, 0.1) is 0 Å². The van der Waals surface area contributed by atoms with Gasteiger partial charge in [0.1, 0.15) is 5.65 Å². The van der Waals surface area contributed by atoms with E-state index in [-0.39, 0.29) is 5.56 Å². The molecule has 1 aromatic carbocycles. The Morgan fingerprint density at radius 2 is 1.87 bits per heavy atom. The van der Waals surface area contributed by atoms with Crippen LogP contribution in [0.15, 0.2) is 47.3 Å². The Morgan fingerprint density at radius 1 is 1.06 bits per heavy atom. The molecule has 2 aromatic heterocycles. The lowest BCUT2D eigenvalue weighted by atomic mass is 10.1. The Labute approximate surface area is 187 Å². The highest BCUT2D eigenvalue weighted by atomic mass is 35.5. The molecule has 1 aliphatic rings. The van der Waals surface area contributed by atoms with Gasteiger partial charge in [0.25, 0.3) is 0 Å². The lowest BCUT2D eigenvalue weighted by Crippen LogP contribution is -2.47. The van der Waals surface area contributed by atoms with Crippen molar-refractivity contribution in [1.82, 2.24) is 14.9 Å². The first kappa shape index (κ1) is 21.7. The summed E-state index contributed by atoms with van der Waals surface area (Å²) in [6.07, 6.45) is 3.01. The van der Waals surface area contributed by atoms with Crippen molar-refractivity contribution >= 4 is 28.3 Å². The summed E-state index contributed by atoms with van der Waals surface area (Å²) < 4.78 is 5.78. The normalized spacial score (nSPS) is 14.8. The maximum Gasteiger partial charge on any atom is 0.249 e. The van der Waals surface area contributed by atoms with Crippen LogP contribution in [0.3, 0.4) is 0 Å². The lowest BCUT2D eigenvalue weighted by molar-refractivity contribution is 0.236. The number of piperazine rings is 1. The minimum absolute atomic E-state index is 0.154.